The van der Waals surface area contributed by atoms with Crippen LogP contribution in [0.2, 0.25) is 0 Å². The second kappa shape index (κ2) is 5.91. The summed E-state index contributed by atoms with van der Waals surface area (Å²) in [4.78, 5) is 8.62. The van der Waals surface area contributed by atoms with Crippen LogP contribution in [0.3, 0.4) is 0 Å². The van der Waals surface area contributed by atoms with Crippen LogP contribution in [0.1, 0.15) is 24.8 Å². The van der Waals surface area contributed by atoms with E-state index in [1.807, 2.05) is 12.1 Å². The average Bonchev–Trinajstić information content (AvgIpc) is 3.29. The van der Waals surface area contributed by atoms with Crippen LogP contribution in [-0.4, -0.2) is 30.6 Å². The van der Waals surface area contributed by atoms with Gasteiger partial charge in [-0.3, -0.25) is 4.99 Å². The monoisotopic (exact) mass is 260 g/mol. The smallest absolute Gasteiger partial charge is 0.213 e. The molecule has 0 unspecified atom stereocenters. The van der Waals surface area contributed by atoms with Crippen molar-refractivity contribution in [1.29, 1.82) is 0 Å². The molecule has 5 nitrogen and oxygen atoms in total. The maximum atomic E-state index is 5.68. The SMILES string of the molecule is c1cc(CNC2=NCCCN2)cc(OCC2CC2)n1. The van der Waals surface area contributed by atoms with Gasteiger partial charge in [-0.2, -0.15) is 0 Å². The molecule has 5 heteroatoms. The molecule has 3 rings (SSSR count). The Morgan fingerprint density at radius 1 is 1.42 bits per heavy atom. The Bertz CT molecular complexity index is 457. The highest BCUT2D eigenvalue weighted by Gasteiger charge is 2.22. The van der Waals surface area contributed by atoms with Crippen LogP contribution >= 0.6 is 0 Å². The van der Waals surface area contributed by atoms with E-state index in [-0.39, 0.29) is 0 Å². The number of ether oxygens (including phenoxy) is 1. The first-order valence-electron chi connectivity index (χ1n) is 7.00. The standard InChI is InChI=1S/C14H20N4O/c1-5-16-14(17-6-1)18-9-12-4-7-15-13(8-12)19-10-11-2-3-11/h4,7-8,11H,1-3,5-6,9-10H2,(H2,16,17,18). The third-order valence-corrected chi connectivity index (χ3v) is 3.32. The zero-order chi connectivity index (χ0) is 12.9. The fourth-order valence-corrected chi connectivity index (χ4v) is 1.96. The number of hydrogen-bond donors (Lipinski definition) is 2. The van der Waals surface area contributed by atoms with E-state index < -0.39 is 0 Å². The quantitative estimate of drug-likeness (QED) is 0.838. The Morgan fingerprint density at radius 3 is 3.16 bits per heavy atom. The van der Waals surface area contributed by atoms with E-state index >= 15 is 0 Å². The van der Waals surface area contributed by atoms with Crippen molar-refractivity contribution in [3.05, 3.63) is 23.9 Å². The molecule has 2 heterocycles. The van der Waals surface area contributed by atoms with Gasteiger partial charge in [-0.05, 0) is 36.8 Å². The van der Waals surface area contributed by atoms with Gasteiger partial charge in [0, 0.05) is 31.9 Å². The summed E-state index contributed by atoms with van der Waals surface area (Å²) in [6, 6.07) is 4.00. The van der Waals surface area contributed by atoms with Crippen LogP contribution in [0.25, 0.3) is 0 Å². The molecule has 0 radical (unpaired) electrons. The Kier molecular flexibility index (Phi) is 3.81. The molecule has 0 bridgehead atoms. The normalized spacial score (nSPS) is 18.4. The zero-order valence-electron chi connectivity index (χ0n) is 11.1. The van der Waals surface area contributed by atoms with E-state index in [9.17, 15) is 0 Å². The van der Waals surface area contributed by atoms with Gasteiger partial charge in [-0.25, -0.2) is 4.98 Å². The van der Waals surface area contributed by atoms with Crippen molar-refractivity contribution in [3.8, 4) is 5.88 Å². The summed E-state index contributed by atoms with van der Waals surface area (Å²) < 4.78 is 5.68. The largest absolute Gasteiger partial charge is 0.477 e. The molecule has 0 spiro atoms. The molecule has 102 valence electrons. The molecule has 0 saturated heterocycles. The summed E-state index contributed by atoms with van der Waals surface area (Å²) in [6.45, 7) is 3.45. The van der Waals surface area contributed by atoms with Gasteiger partial charge in [0.1, 0.15) is 0 Å². The molecule has 0 aromatic carbocycles. The van der Waals surface area contributed by atoms with E-state index in [2.05, 4.69) is 20.6 Å². The van der Waals surface area contributed by atoms with Crippen molar-refractivity contribution in [2.75, 3.05) is 19.7 Å². The minimum absolute atomic E-state index is 0.727. The molecule has 2 aliphatic rings. The van der Waals surface area contributed by atoms with Crippen molar-refractivity contribution in [3.63, 3.8) is 0 Å². The molecular weight excluding hydrogens is 240 g/mol. The van der Waals surface area contributed by atoms with Crippen molar-refractivity contribution >= 4 is 5.96 Å². The lowest BCUT2D eigenvalue weighted by atomic mass is 10.2. The minimum atomic E-state index is 0.727. The Balaban J connectivity index is 1.51. The summed E-state index contributed by atoms with van der Waals surface area (Å²) in [5.74, 6) is 2.37. The maximum Gasteiger partial charge on any atom is 0.213 e. The van der Waals surface area contributed by atoms with Gasteiger partial charge in [-0.15, -0.1) is 0 Å². The summed E-state index contributed by atoms with van der Waals surface area (Å²) in [5, 5.41) is 6.54. The highest BCUT2D eigenvalue weighted by atomic mass is 16.5. The van der Waals surface area contributed by atoms with Crippen LogP contribution in [-0.2, 0) is 6.54 Å². The summed E-state index contributed by atoms with van der Waals surface area (Å²) in [7, 11) is 0. The number of aliphatic imine (C=N–C) groups is 1. The van der Waals surface area contributed by atoms with Crippen LogP contribution in [0.5, 0.6) is 5.88 Å². The molecule has 0 amide bonds. The molecule has 1 aromatic heterocycles. The summed E-state index contributed by atoms with van der Waals surface area (Å²) >= 11 is 0. The van der Waals surface area contributed by atoms with Crippen molar-refractivity contribution in [2.45, 2.75) is 25.8 Å². The molecular formula is C14H20N4O. The van der Waals surface area contributed by atoms with Crippen LogP contribution in [0.4, 0.5) is 0 Å². The Labute approximate surface area is 113 Å². The number of nitrogens with one attached hydrogen (secondary N) is 2. The van der Waals surface area contributed by atoms with Gasteiger partial charge in [-0.1, -0.05) is 0 Å². The van der Waals surface area contributed by atoms with Crippen LogP contribution in [0.15, 0.2) is 23.3 Å². The number of nitrogens with zero attached hydrogens (tertiary/aromatic N) is 2. The predicted octanol–water partition coefficient (Wildman–Crippen LogP) is 1.31. The van der Waals surface area contributed by atoms with E-state index in [0.29, 0.717) is 0 Å². The van der Waals surface area contributed by atoms with Gasteiger partial charge in [0.25, 0.3) is 0 Å². The van der Waals surface area contributed by atoms with Crippen molar-refractivity contribution < 1.29 is 4.74 Å². The maximum absolute atomic E-state index is 5.68. The van der Waals surface area contributed by atoms with Gasteiger partial charge in [0.2, 0.25) is 5.88 Å². The number of guanidine groups is 1. The average molecular weight is 260 g/mol. The molecule has 1 aliphatic carbocycles. The predicted molar refractivity (Wildman–Crippen MR) is 74.2 cm³/mol. The van der Waals surface area contributed by atoms with Gasteiger partial charge >= 0.3 is 0 Å². The molecule has 19 heavy (non-hydrogen) atoms. The van der Waals surface area contributed by atoms with Crippen LogP contribution in [0, 0.1) is 5.92 Å². The zero-order valence-corrected chi connectivity index (χ0v) is 11.1. The Hall–Kier alpha value is -1.78. The number of rotatable bonds is 5. The first kappa shape index (κ1) is 12.3. The first-order chi connectivity index (χ1) is 9.40. The van der Waals surface area contributed by atoms with Crippen LogP contribution < -0.4 is 15.4 Å². The van der Waals surface area contributed by atoms with E-state index in [0.717, 1.165) is 56.0 Å². The Morgan fingerprint density at radius 2 is 2.37 bits per heavy atom. The highest BCUT2D eigenvalue weighted by molar-refractivity contribution is 5.80. The molecule has 1 saturated carbocycles. The number of pyridine rings is 1. The van der Waals surface area contributed by atoms with E-state index in [4.69, 9.17) is 4.74 Å². The summed E-state index contributed by atoms with van der Waals surface area (Å²) in [6.07, 6.45) is 5.51. The van der Waals surface area contributed by atoms with Gasteiger partial charge in [0.05, 0.1) is 6.61 Å². The lowest BCUT2D eigenvalue weighted by Crippen LogP contribution is -2.40. The lowest BCUT2D eigenvalue weighted by Gasteiger charge is -2.16. The number of hydrogen-bond acceptors (Lipinski definition) is 5. The van der Waals surface area contributed by atoms with Gasteiger partial charge < -0.3 is 15.4 Å². The molecule has 1 fully saturated rings. The lowest BCUT2D eigenvalue weighted by molar-refractivity contribution is 0.288. The number of aromatic nitrogens is 1. The molecule has 2 N–H and O–H groups in total. The second-order valence-corrected chi connectivity index (χ2v) is 5.12. The fraction of sp³-hybridized carbons (Fsp3) is 0.571. The third-order valence-electron chi connectivity index (χ3n) is 3.32. The van der Waals surface area contributed by atoms with Gasteiger partial charge in [0.15, 0.2) is 5.96 Å². The fourth-order valence-electron chi connectivity index (χ4n) is 1.96. The first-order valence-corrected chi connectivity index (χ1v) is 7.00. The third kappa shape index (κ3) is 3.84. The van der Waals surface area contributed by atoms with E-state index in [1.54, 1.807) is 6.20 Å². The highest BCUT2D eigenvalue weighted by Crippen LogP contribution is 2.29. The molecule has 0 atom stereocenters. The minimum Gasteiger partial charge on any atom is -0.477 e. The van der Waals surface area contributed by atoms with Crippen molar-refractivity contribution in [1.82, 2.24) is 15.6 Å². The molecule has 1 aromatic rings. The van der Waals surface area contributed by atoms with E-state index in [1.165, 1.54) is 12.8 Å². The van der Waals surface area contributed by atoms with Crippen molar-refractivity contribution in [2.24, 2.45) is 10.9 Å². The molecule has 1 aliphatic heterocycles. The second-order valence-electron chi connectivity index (χ2n) is 5.12. The summed E-state index contributed by atoms with van der Waals surface area (Å²) in [5.41, 5.74) is 1.16. The topological polar surface area (TPSA) is 58.5 Å².